The molecule has 1 aliphatic heterocycles. The second-order valence-corrected chi connectivity index (χ2v) is 4.08. The zero-order chi connectivity index (χ0) is 10.8. The summed E-state index contributed by atoms with van der Waals surface area (Å²) in [7, 11) is 0. The van der Waals surface area contributed by atoms with E-state index < -0.39 is 6.10 Å². The highest BCUT2D eigenvalue weighted by Gasteiger charge is 2.26. The molecule has 1 saturated heterocycles. The zero-order valence-corrected chi connectivity index (χ0v) is 9.16. The summed E-state index contributed by atoms with van der Waals surface area (Å²) >= 11 is 0. The van der Waals surface area contributed by atoms with Crippen molar-refractivity contribution in [1.82, 2.24) is 5.32 Å². The predicted octanol–water partition coefficient (Wildman–Crippen LogP) is 1.01. The number of nitrogens with one attached hydrogen (secondary N) is 1. The molecule has 2 atom stereocenters. The van der Waals surface area contributed by atoms with Crippen LogP contribution in [0.15, 0.2) is 18.2 Å². The molecule has 3 nitrogen and oxygen atoms in total. The van der Waals surface area contributed by atoms with Gasteiger partial charge < -0.3 is 15.2 Å². The molecule has 2 N–H and O–H groups in total. The highest BCUT2D eigenvalue weighted by atomic mass is 16.5. The fourth-order valence-corrected chi connectivity index (χ4v) is 1.78. The van der Waals surface area contributed by atoms with Crippen LogP contribution >= 0.6 is 0 Å². The maximum absolute atomic E-state index is 9.62. The monoisotopic (exact) mass is 207 g/mol. The third kappa shape index (κ3) is 2.13. The number of β-amino-alcohol motifs (C(OH)–C–C–N with tert-alkyl or cyclic N) is 1. The van der Waals surface area contributed by atoms with E-state index in [-0.39, 0.29) is 6.10 Å². The smallest absolute Gasteiger partial charge is 0.138 e. The maximum Gasteiger partial charge on any atom is 0.138 e. The Balaban J connectivity index is 2.13. The van der Waals surface area contributed by atoms with Crippen molar-refractivity contribution in [3.63, 3.8) is 0 Å². The third-order valence-corrected chi connectivity index (χ3v) is 2.96. The van der Waals surface area contributed by atoms with Crippen LogP contribution in [-0.2, 0) is 0 Å². The lowest BCUT2D eigenvalue weighted by atomic mass is 10.1. The molecule has 0 aliphatic carbocycles. The molecule has 1 aromatic carbocycles. The quantitative estimate of drug-likeness (QED) is 0.760. The minimum atomic E-state index is -0.398. The lowest BCUT2D eigenvalue weighted by Crippen LogP contribution is -2.30. The lowest BCUT2D eigenvalue weighted by molar-refractivity contribution is 0.0733. The van der Waals surface area contributed by atoms with E-state index in [0.29, 0.717) is 13.1 Å². The van der Waals surface area contributed by atoms with Crippen molar-refractivity contribution in [2.75, 3.05) is 13.1 Å². The van der Waals surface area contributed by atoms with Crippen LogP contribution in [0.2, 0.25) is 0 Å². The second kappa shape index (κ2) is 4.21. The molecule has 3 heteroatoms. The molecular formula is C12H17NO2. The number of rotatable bonds is 2. The summed E-state index contributed by atoms with van der Waals surface area (Å²) in [5.41, 5.74) is 2.37. The van der Waals surface area contributed by atoms with Gasteiger partial charge in [-0.2, -0.15) is 0 Å². The van der Waals surface area contributed by atoms with E-state index in [1.54, 1.807) is 0 Å². The van der Waals surface area contributed by atoms with Crippen LogP contribution in [0.4, 0.5) is 0 Å². The molecule has 15 heavy (non-hydrogen) atoms. The van der Waals surface area contributed by atoms with Crippen molar-refractivity contribution in [2.45, 2.75) is 26.1 Å². The van der Waals surface area contributed by atoms with Crippen LogP contribution in [0.5, 0.6) is 5.75 Å². The third-order valence-electron chi connectivity index (χ3n) is 2.96. The number of hydrogen-bond acceptors (Lipinski definition) is 3. The largest absolute Gasteiger partial charge is 0.486 e. The van der Waals surface area contributed by atoms with E-state index in [9.17, 15) is 5.11 Å². The van der Waals surface area contributed by atoms with E-state index in [1.165, 1.54) is 5.56 Å². The molecule has 0 aromatic heterocycles. The molecule has 0 saturated carbocycles. The molecule has 1 heterocycles. The Labute approximate surface area is 90.1 Å². The fraction of sp³-hybridized carbons (Fsp3) is 0.500. The first-order valence-corrected chi connectivity index (χ1v) is 5.30. The zero-order valence-electron chi connectivity index (χ0n) is 9.16. The Morgan fingerprint density at radius 1 is 1.33 bits per heavy atom. The summed E-state index contributed by atoms with van der Waals surface area (Å²) in [5, 5.41) is 12.7. The van der Waals surface area contributed by atoms with E-state index >= 15 is 0 Å². The van der Waals surface area contributed by atoms with Crippen LogP contribution < -0.4 is 10.1 Å². The van der Waals surface area contributed by atoms with Crippen LogP contribution in [0.25, 0.3) is 0 Å². The summed E-state index contributed by atoms with van der Waals surface area (Å²) < 4.78 is 5.79. The molecule has 0 bridgehead atoms. The molecule has 0 radical (unpaired) electrons. The Hall–Kier alpha value is -1.06. The van der Waals surface area contributed by atoms with Gasteiger partial charge in [-0.1, -0.05) is 12.1 Å². The van der Waals surface area contributed by atoms with Crippen molar-refractivity contribution >= 4 is 0 Å². The minimum absolute atomic E-state index is 0.120. The number of hydrogen-bond donors (Lipinski definition) is 2. The molecule has 1 fully saturated rings. The number of aliphatic hydroxyl groups is 1. The van der Waals surface area contributed by atoms with Crippen LogP contribution in [0.3, 0.4) is 0 Å². The van der Waals surface area contributed by atoms with Gasteiger partial charge in [-0.15, -0.1) is 0 Å². The first kappa shape index (κ1) is 10.5. The summed E-state index contributed by atoms with van der Waals surface area (Å²) in [6, 6.07) is 5.99. The summed E-state index contributed by atoms with van der Waals surface area (Å²) in [6.45, 7) is 5.44. The van der Waals surface area contributed by atoms with Crippen LogP contribution in [0, 0.1) is 13.8 Å². The number of aliphatic hydroxyl groups excluding tert-OH is 1. The number of ether oxygens (including phenoxy) is 1. The SMILES string of the molecule is Cc1cccc(O[C@H]2CNC[C@@H]2O)c1C. The van der Waals surface area contributed by atoms with Gasteiger partial charge in [0.1, 0.15) is 18.0 Å². The van der Waals surface area contributed by atoms with Gasteiger partial charge in [-0.05, 0) is 31.0 Å². The van der Waals surface area contributed by atoms with Gasteiger partial charge in [0.15, 0.2) is 0 Å². The highest BCUT2D eigenvalue weighted by molar-refractivity contribution is 5.38. The van der Waals surface area contributed by atoms with Crippen molar-refractivity contribution in [1.29, 1.82) is 0 Å². The first-order valence-electron chi connectivity index (χ1n) is 5.30. The van der Waals surface area contributed by atoms with Crippen molar-refractivity contribution in [3.8, 4) is 5.75 Å². The molecule has 2 rings (SSSR count). The fourth-order valence-electron chi connectivity index (χ4n) is 1.78. The summed E-state index contributed by atoms with van der Waals surface area (Å²) in [6.07, 6.45) is -0.518. The van der Waals surface area contributed by atoms with E-state index in [0.717, 1.165) is 11.3 Å². The van der Waals surface area contributed by atoms with Crippen LogP contribution in [-0.4, -0.2) is 30.4 Å². The standard InChI is InChI=1S/C12H17NO2/c1-8-4-3-5-11(9(8)2)15-12-7-13-6-10(12)14/h3-5,10,12-14H,6-7H2,1-2H3/t10-,12-/m0/s1. The van der Waals surface area contributed by atoms with Crippen LogP contribution in [0.1, 0.15) is 11.1 Å². The summed E-state index contributed by atoms with van der Waals surface area (Å²) in [5.74, 6) is 0.878. The normalized spacial score (nSPS) is 25.5. The second-order valence-electron chi connectivity index (χ2n) is 4.08. The number of benzene rings is 1. The van der Waals surface area contributed by atoms with Gasteiger partial charge in [0.2, 0.25) is 0 Å². The van der Waals surface area contributed by atoms with E-state index in [4.69, 9.17) is 4.74 Å². The van der Waals surface area contributed by atoms with Gasteiger partial charge >= 0.3 is 0 Å². The molecule has 82 valence electrons. The Morgan fingerprint density at radius 2 is 2.13 bits per heavy atom. The molecule has 1 aliphatic rings. The van der Waals surface area contributed by atoms with Crippen molar-refractivity contribution < 1.29 is 9.84 Å². The van der Waals surface area contributed by atoms with Crippen molar-refractivity contribution in [2.24, 2.45) is 0 Å². The van der Waals surface area contributed by atoms with Gasteiger partial charge in [-0.25, -0.2) is 0 Å². The average Bonchev–Trinajstić information content (AvgIpc) is 2.60. The Kier molecular flexibility index (Phi) is 2.93. The van der Waals surface area contributed by atoms with Gasteiger partial charge in [0.05, 0.1) is 0 Å². The molecule has 1 aromatic rings. The van der Waals surface area contributed by atoms with E-state index in [1.807, 2.05) is 19.1 Å². The van der Waals surface area contributed by atoms with Gasteiger partial charge in [0, 0.05) is 13.1 Å². The first-order chi connectivity index (χ1) is 7.18. The lowest BCUT2D eigenvalue weighted by Gasteiger charge is -2.18. The highest BCUT2D eigenvalue weighted by Crippen LogP contribution is 2.23. The average molecular weight is 207 g/mol. The Morgan fingerprint density at radius 3 is 2.80 bits per heavy atom. The minimum Gasteiger partial charge on any atom is -0.486 e. The molecule has 0 unspecified atom stereocenters. The predicted molar refractivity (Wildman–Crippen MR) is 59.2 cm³/mol. The molecule has 0 amide bonds. The summed E-state index contributed by atoms with van der Waals surface area (Å²) in [4.78, 5) is 0. The van der Waals surface area contributed by atoms with E-state index in [2.05, 4.69) is 18.3 Å². The van der Waals surface area contributed by atoms with Gasteiger partial charge in [-0.3, -0.25) is 0 Å². The molecular weight excluding hydrogens is 190 g/mol. The van der Waals surface area contributed by atoms with Gasteiger partial charge in [0.25, 0.3) is 0 Å². The Bertz CT molecular complexity index is 351. The number of aryl methyl sites for hydroxylation is 1. The molecule has 0 spiro atoms. The maximum atomic E-state index is 9.62. The topological polar surface area (TPSA) is 41.5 Å². The van der Waals surface area contributed by atoms with Crippen molar-refractivity contribution in [3.05, 3.63) is 29.3 Å².